The largest absolute Gasteiger partial charge is 0.335 e. The molecule has 8 aromatic rings. The molecule has 14 rings (SSSR count). The van der Waals surface area contributed by atoms with Crippen LogP contribution < -0.4 is 31.1 Å². The molecule has 3 nitrogen and oxygen atoms in total. The van der Waals surface area contributed by atoms with E-state index in [-0.39, 0.29) is 39.3 Å². The Morgan fingerprint density at radius 2 is 1.00 bits per heavy atom. The Labute approximate surface area is 454 Å². The summed E-state index contributed by atoms with van der Waals surface area (Å²) in [6.07, 6.45) is 6.66. The maximum atomic E-state index is 2.95. The van der Waals surface area contributed by atoms with Gasteiger partial charge in [-0.25, -0.2) is 0 Å². The Hall–Kier alpha value is -6.78. The van der Waals surface area contributed by atoms with Crippen molar-refractivity contribution >= 4 is 62.9 Å². The van der Waals surface area contributed by atoms with Crippen LogP contribution in [0.25, 0.3) is 0 Å². The Morgan fingerprint density at radius 3 is 1.68 bits per heavy atom. The minimum Gasteiger partial charge on any atom is -0.335 e. The van der Waals surface area contributed by atoms with Crippen molar-refractivity contribution in [2.24, 2.45) is 0 Å². The normalized spacial score (nSPS) is 23.8. The molecule has 4 heteroatoms. The first-order valence-electron chi connectivity index (χ1n) is 28.6. The topological polar surface area (TPSA) is 9.72 Å². The second kappa shape index (κ2) is 15.9. The van der Waals surface area contributed by atoms with Crippen LogP contribution in [0.3, 0.4) is 0 Å². The lowest BCUT2D eigenvalue weighted by Gasteiger charge is -2.55. The molecule has 4 atom stereocenters. The molecule has 0 spiro atoms. The number of nitrogens with zero attached hydrogens (tertiary/aromatic N) is 3. The summed E-state index contributed by atoms with van der Waals surface area (Å²) in [5.74, 6) is 0. The van der Waals surface area contributed by atoms with Crippen LogP contribution in [0.2, 0.25) is 0 Å². The van der Waals surface area contributed by atoms with E-state index in [4.69, 9.17) is 0 Å². The van der Waals surface area contributed by atoms with E-state index in [1.54, 1.807) is 0 Å². The fourth-order valence-electron chi connectivity index (χ4n) is 16.5. The van der Waals surface area contributed by atoms with E-state index < -0.39 is 5.54 Å². The molecule has 0 saturated heterocycles. The number of rotatable bonds is 4. The lowest BCUT2D eigenvalue weighted by atomic mass is 9.33. The lowest BCUT2D eigenvalue weighted by molar-refractivity contribution is 0.215. The third kappa shape index (κ3) is 6.13. The summed E-state index contributed by atoms with van der Waals surface area (Å²) < 4.78 is 0. The van der Waals surface area contributed by atoms with E-state index in [2.05, 4.69) is 267 Å². The van der Waals surface area contributed by atoms with Gasteiger partial charge in [-0.3, -0.25) is 0 Å². The zero-order chi connectivity index (χ0) is 52.5. The first kappa shape index (κ1) is 47.7. The zero-order valence-corrected chi connectivity index (χ0v) is 46.9. The molecule has 76 heavy (non-hydrogen) atoms. The van der Waals surface area contributed by atoms with Gasteiger partial charge in [0.1, 0.15) is 0 Å². The molecule has 0 N–H and O–H groups in total. The highest BCUT2D eigenvalue weighted by Crippen LogP contribution is 2.69. The van der Waals surface area contributed by atoms with Crippen LogP contribution in [0.1, 0.15) is 158 Å². The second-order valence-electron chi connectivity index (χ2n) is 27.1. The van der Waals surface area contributed by atoms with Crippen molar-refractivity contribution in [3.63, 3.8) is 0 Å². The predicted octanol–water partition coefficient (Wildman–Crippen LogP) is 16.3. The summed E-state index contributed by atoms with van der Waals surface area (Å²) in [4.78, 5) is 8.48. The average molecular weight is 992 g/mol. The van der Waals surface area contributed by atoms with Crippen LogP contribution in [0.5, 0.6) is 0 Å². The van der Waals surface area contributed by atoms with Gasteiger partial charge < -0.3 is 14.7 Å². The summed E-state index contributed by atoms with van der Waals surface area (Å²) >= 11 is 0. The molecular weight excluding hydrogens is 918 g/mol. The van der Waals surface area contributed by atoms with Crippen molar-refractivity contribution in [3.8, 4) is 0 Å². The molecule has 0 bridgehead atoms. The Balaban J connectivity index is 1.14. The van der Waals surface area contributed by atoms with Crippen LogP contribution in [-0.4, -0.2) is 12.3 Å². The van der Waals surface area contributed by atoms with E-state index >= 15 is 0 Å². The molecule has 1 saturated carbocycles. The smallest absolute Gasteiger partial charge is 0.252 e. The molecule has 4 unspecified atom stereocenters. The van der Waals surface area contributed by atoms with Crippen molar-refractivity contribution in [2.75, 3.05) is 14.7 Å². The quantitative estimate of drug-likeness (QED) is 0.163. The molecule has 0 aromatic heterocycles. The molecule has 0 radical (unpaired) electrons. The standard InChI is InChI=1S/C72H74BN3/c1-66(2,3)48-31-35-53(36-32-48)74-61-38-34-52(68(7,8)9)44-59(61)73-58-30-22-29-56-65(58)76(69(10)40-20-21-41-71(56,69)49-24-14-12-15-25-49)63-46-54(45-62(74)64(63)73)75-60-37-33-51(67(4,5)6)43-57(60)72(50-26-16-13-17-27-50)42-39-47-23-18-19-28-55(47)70(72,75)11/h12-19,22-38,43-46H,20-21,39-42H2,1-11H3. The van der Waals surface area contributed by atoms with Crippen molar-refractivity contribution in [3.05, 3.63) is 226 Å². The summed E-state index contributed by atoms with van der Waals surface area (Å²) in [5.41, 5.74) is 24.8. The fourth-order valence-corrected chi connectivity index (χ4v) is 16.5. The van der Waals surface area contributed by atoms with E-state index in [0.717, 1.165) is 25.7 Å². The van der Waals surface area contributed by atoms with E-state index in [1.807, 2.05) is 0 Å². The van der Waals surface area contributed by atoms with Crippen molar-refractivity contribution < 1.29 is 0 Å². The summed E-state index contributed by atoms with van der Waals surface area (Å²) in [7, 11) is 0. The monoisotopic (exact) mass is 992 g/mol. The lowest BCUT2D eigenvalue weighted by Crippen LogP contribution is -2.65. The highest BCUT2D eigenvalue weighted by atomic mass is 15.3. The van der Waals surface area contributed by atoms with Gasteiger partial charge in [0.05, 0.1) is 16.5 Å². The summed E-state index contributed by atoms with van der Waals surface area (Å²) in [6.45, 7) is 26.6. The number of anilines is 7. The van der Waals surface area contributed by atoms with Crippen molar-refractivity contribution in [1.82, 2.24) is 0 Å². The van der Waals surface area contributed by atoms with Crippen LogP contribution in [-0.2, 0) is 39.0 Å². The van der Waals surface area contributed by atoms with Gasteiger partial charge in [-0.2, -0.15) is 0 Å². The SMILES string of the molecule is CC(C)(C)c1ccc(N2c3ccc(C(C)(C)C)cc3B3c4cccc5c4N(c4cc(N6c7ccc(C(C)(C)C)cc7C7(c8ccccc8)CCc8ccccc8C67C)cc2c43)C2(C)CCCCC52c2ccccc2)cc1. The molecule has 6 aliphatic rings. The Kier molecular flexibility index (Phi) is 9.97. The number of benzene rings is 8. The van der Waals surface area contributed by atoms with Crippen LogP contribution >= 0.6 is 0 Å². The molecule has 4 aliphatic heterocycles. The van der Waals surface area contributed by atoms with E-state index in [9.17, 15) is 0 Å². The average Bonchev–Trinajstić information content (AvgIpc) is 3.27. The number of fused-ring (bicyclic) bond motifs is 12. The molecule has 0 amide bonds. The van der Waals surface area contributed by atoms with Crippen LogP contribution in [0.4, 0.5) is 39.8 Å². The number of para-hydroxylation sites is 1. The van der Waals surface area contributed by atoms with Gasteiger partial charge in [0, 0.05) is 45.2 Å². The molecular formula is C72H74BN3. The van der Waals surface area contributed by atoms with Gasteiger partial charge >= 0.3 is 0 Å². The van der Waals surface area contributed by atoms with Crippen molar-refractivity contribution in [2.45, 2.75) is 153 Å². The maximum Gasteiger partial charge on any atom is 0.252 e. The number of hydrogen-bond acceptors (Lipinski definition) is 3. The minimum atomic E-state index is -0.499. The van der Waals surface area contributed by atoms with Crippen LogP contribution in [0, 0.1) is 0 Å². The second-order valence-corrected chi connectivity index (χ2v) is 27.1. The number of aryl methyl sites for hydroxylation is 1. The third-order valence-electron chi connectivity index (χ3n) is 20.2. The molecule has 1 fully saturated rings. The van der Waals surface area contributed by atoms with Gasteiger partial charge in [0.2, 0.25) is 0 Å². The van der Waals surface area contributed by atoms with Gasteiger partial charge in [-0.1, -0.05) is 215 Å². The van der Waals surface area contributed by atoms with Gasteiger partial charge in [0.15, 0.2) is 0 Å². The van der Waals surface area contributed by atoms with Crippen LogP contribution in [0.15, 0.2) is 176 Å². The van der Waals surface area contributed by atoms with E-state index in [1.165, 1.54) is 119 Å². The highest BCUT2D eigenvalue weighted by Gasteiger charge is 2.66. The summed E-state index contributed by atoms with van der Waals surface area (Å²) in [6, 6.07) is 70.3. The zero-order valence-electron chi connectivity index (χ0n) is 46.9. The summed E-state index contributed by atoms with van der Waals surface area (Å²) in [5, 5.41) is 0. The molecule has 8 aromatic carbocycles. The number of hydrogen-bond donors (Lipinski definition) is 0. The first-order chi connectivity index (χ1) is 36.3. The Bertz CT molecular complexity index is 3670. The first-order valence-corrected chi connectivity index (χ1v) is 28.6. The van der Waals surface area contributed by atoms with Gasteiger partial charge in [0.25, 0.3) is 6.71 Å². The molecule has 380 valence electrons. The third-order valence-corrected chi connectivity index (χ3v) is 20.2. The van der Waals surface area contributed by atoms with Crippen molar-refractivity contribution in [1.29, 1.82) is 0 Å². The van der Waals surface area contributed by atoms with Gasteiger partial charge in [-0.15, -0.1) is 0 Å². The van der Waals surface area contributed by atoms with E-state index in [0.29, 0.717) is 0 Å². The fraction of sp³-hybridized carbons (Fsp3) is 0.333. The maximum absolute atomic E-state index is 2.95. The highest BCUT2D eigenvalue weighted by molar-refractivity contribution is 7.00. The predicted molar refractivity (Wildman–Crippen MR) is 322 cm³/mol. The minimum absolute atomic E-state index is 0.0228. The molecule has 4 heterocycles. The molecule has 2 aliphatic carbocycles. The Morgan fingerprint density at radius 1 is 0.421 bits per heavy atom. The van der Waals surface area contributed by atoms with Gasteiger partial charge in [-0.05, 0) is 159 Å².